The Kier molecular flexibility index (Phi) is 6.07. The summed E-state index contributed by atoms with van der Waals surface area (Å²) in [5, 5.41) is 7.87. The van der Waals surface area contributed by atoms with E-state index in [2.05, 4.69) is 38.4 Å². The van der Waals surface area contributed by atoms with Crippen LogP contribution in [0.1, 0.15) is 31.4 Å². The third-order valence-corrected chi connectivity index (χ3v) is 6.88. The molecule has 2 aliphatic carbocycles. The summed E-state index contributed by atoms with van der Waals surface area (Å²) in [6.45, 7) is 3.93. The molecule has 0 amide bonds. The Morgan fingerprint density at radius 2 is 1.92 bits per heavy atom. The molecule has 0 bridgehead atoms. The van der Waals surface area contributed by atoms with E-state index in [1.54, 1.807) is 6.08 Å². The lowest BCUT2D eigenvalue weighted by Crippen LogP contribution is -2.31. The van der Waals surface area contributed by atoms with Gasteiger partial charge in [0.05, 0.1) is 51.4 Å². The number of nitrogens with zero attached hydrogens (tertiary/aromatic N) is 4. The summed E-state index contributed by atoms with van der Waals surface area (Å²) in [4.78, 5) is 14.7. The van der Waals surface area contributed by atoms with Crippen LogP contribution in [0.3, 0.4) is 0 Å². The van der Waals surface area contributed by atoms with Gasteiger partial charge in [-0.3, -0.25) is 9.98 Å². The van der Waals surface area contributed by atoms with Gasteiger partial charge in [0.1, 0.15) is 5.83 Å². The fraction of sp³-hybridized carbons (Fsp3) is 0.276. The molecule has 2 aromatic rings. The first kappa shape index (κ1) is 22.6. The number of para-hydroxylation sites is 2. The van der Waals surface area contributed by atoms with Gasteiger partial charge in [-0.2, -0.15) is 0 Å². The Bertz CT molecular complexity index is 1510. The Hall–Kier alpha value is -3.84. The first-order chi connectivity index (χ1) is 17.6. The topological polar surface area (TPSA) is 67.1 Å². The summed E-state index contributed by atoms with van der Waals surface area (Å²) >= 11 is 0. The van der Waals surface area contributed by atoms with E-state index in [0.717, 1.165) is 76.5 Å². The molecule has 4 aliphatic rings. The SMILES string of the molecule is Cc1ccc(Nc2cc3nc4ccccc4n(C4=CC=C(F)CC4)c-3c/c2=N\C2CCNCC2)cn1. The largest absolute Gasteiger partial charge is 0.352 e. The maximum Gasteiger partial charge on any atom is 0.100 e. The van der Waals surface area contributed by atoms with Crippen LogP contribution in [-0.4, -0.2) is 33.7 Å². The lowest BCUT2D eigenvalue weighted by Gasteiger charge is -2.24. The maximum absolute atomic E-state index is 13.9. The number of hydrogen-bond acceptors (Lipinski definition) is 5. The van der Waals surface area contributed by atoms with Crippen molar-refractivity contribution in [3.8, 4) is 11.4 Å². The monoisotopic (exact) mass is 480 g/mol. The molecule has 1 aromatic carbocycles. The predicted molar refractivity (Wildman–Crippen MR) is 143 cm³/mol. The number of nitrogens with one attached hydrogen (secondary N) is 2. The van der Waals surface area contributed by atoms with Crippen LogP contribution in [0.4, 0.5) is 15.8 Å². The number of benzene rings is 2. The van der Waals surface area contributed by atoms with Gasteiger partial charge in [0.2, 0.25) is 0 Å². The fourth-order valence-electron chi connectivity index (χ4n) is 4.97. The van der Waals surface area contributed by atoms with E-state index in [4.69, 9.17) is 9.98 Å². The minimum absolute atomic E-state index is 0.0817. The minimum atomic E-state index is -0.0817. The van der Waals surface area contributed by atoms with Gasteiger partial charge in [0.25, 0.3) is 0 Å². The van der Waals surface area contributed by atoms with Gasteiger partial charge in [-0.1, -0.05) is 12.1 Å². The van der Waals surface area contributed by atoms with E-state index in [1.165, 1.54) is 0 Å². The first-order valence-corrected chi connectivity index (χ1v) is 12.6. The number of halogens is 1. The Morgan fingerprint density at radius 1 is 1.06 bits per heavy atom. The van der Waals surface area contributed by atoms with Crippen molar-refractivity contribution >= 4 is 28.1 Å². The molecule has 6 nitrogen and oxygen atoms in total. The van der Waals surface area contributed by atoms with Gasteiger partial charge in [0, 0.05) is 17.8 Å². The van der Waals surface area contributed by atoms with Crippen molar-refractivity contribution in [1.29, 1.82) is 0 Å². The molecular weight excluding hydrogens is 451 g/mol. The highest BCUT2D eigenvalue weighted by atomic mass is 19.1. The van der Waals surface area contributed by atoms with Crippen molar-refractivity contribution in [3.63, 3.8) is 0 Å². The molecule has 0 atom stereocenters. The molecule has 1 aromatic heterocycles. The Balaban J connectivity index is 1.59. The lowest BCUT2D eigenvalue weighted by atomic mass is 10.1. The Labute approximate surface area is 209 Å². The van der Waals surface area contributed by atoms with Crippen molar-refractivity contribution in [2.24, 2.45) is 4.99 Å². The predicted octanol–water partition coefficient (Wildman–Crippen LogP) is 5.73. The van der Waals surface area contributed by atoms with Crippen molar-refractivity contribution in [2.45, 2.75) is 38.6 Å². The highest BCUT2D eigenvalue weighted by molar-refractivity contribution is 5.86. The summed E-state index contributed by atoms with van der Waals surface area (Å²) in [5.74, 6) is -0.0817. The van der Waals surface area contributed by atoms with Crippen LogP contribution in [0.15, 0.2) is 77.7 Å². The molecule has 1 saturated heterocycles. The van der Waals surface area contributed by atoms with Crippen LogP contribution in [0.2, 0.25) is 0 Å². The van der Waals surface area contributed by atoms with Crippen LogP contribution < -0.4 is 16.0 Å². The molecule has 1 fully saturated rings. The molecule has 7 heteroatoms. The number of anilines is 2. The summed E-state index contributed by atoms with van der Waals surface area (Å²) in [5.41, 5.74) is 7.56. The van der Waals surface area contributed by atoms with Gasteiger partial charge in [-0.15, -0.1) is 0 Å². The number of allylic oxidation sites excluding steroid dienone is 4. The molecule has 0 spiro atoms. The number of pyridine rings is 1. The molecule has 36 heavy (non-hydrogen) atoms. The quantitative estimate of drug-likeness (QED) is 0.366. The van der Waals surface area contributed by atoms with Crippen molar-refractivity contribution < 1.29 is 4.39 Å². The van der Waals surface area contributed by atoms with Gasteiger partial charge >= 0.3 is 0 Å². The van der Waals surface area contributed by atoms with E-state index in [1.807, 2.05) is 49.5 Å². The van der Waals surface area contributed by atoms with Crippen LogP contribution in [0.5, 0.6) is 0 Å². The molecular formula is C29H29FN6. The smallest absolute Gasteiger partial charge is 0.100 e. The average Bonchev–Trinajstić information content (AvgIpc) is 2.90. The summed E-state index contributed by atoms with van der Waals surface area (Å²) in [6, 6.07) is 16.6. The van der Waals surface area contributed by atoms with E-state index in [0.29, 0.717) is 12.8 Å². The standard InChI is InChI=1S/C29H29FN6/c1-19-6-9-22(18-32-19)34-25-16-27-29(17-26(25)33-21-12-14-31-15-13-21)36(23-10-7-20(30)8-11-23)28-5-3-2-4-24(28)35-27/h2-7,9-10,16-18,21,31,34H,8,11-15H2,1H3/b33-26+. The van der Waals surface area contributed by atoms with Crippen LogP contribution in [0, 0.1) is 6.92 Å². The second-order valence-corrected chi connectivity index (χ2v) is 9.49. The highest BCUT2D eigenvalue weighted by Crippen LogP contribution is 2.33. The average molecular weight is 481 g/mol. The molecule has 0 saturated carbocycles. The van der Waals surface area contributed by atoms with E-state index in [-0.39, 0.29) is 11.9 Å². The number of piperidine rings is 1. The molecule has 2 N–H and O–H groups in total. The molecule has 0 unspecified atom stereocenters. The number of hydrogen-bond donors (Lipinski definition) is 2. The van der Waals surface area contributed by atoms with Crippen molar-refractivity contribution in [1.82, 2.24) is 19.9 Å². The fourth-order valence-corrected chi connectivity index (χ4v) is 4.97. The number of aromatic nitrogens is 3. The summed E-state index contributed by atoms with van der Waals surface area (Å²) in [7, 11) is 0. The molecule has 6 rings (SSSR count). The van der Waals surface area contributed by atoms with Crippen molar-refractivity contribution in [2.75, 3.05) is 18.4 Å². The molecule has 3 heterocycles. The second-order valence-electron chi connectivity index (χ2n) is 9.49. The second kappa shape index (κ2) is 9.66. The Morgan fingerprint density at radius 3 is 2.69 bits per heavy atom. The highest BCUT2D eigenvalue weighted by Gasteiger charge is 2.20. The molecule has 182 valence electrons. The zero-order valence-electron chi connectivity index (χ0n) is 20.3. The van der Waals surface area contributed by atoms with Crippen LogP contribution >= 0.6 is 0 Å². The van der Waals surface area contributed by atoms with Crippen molar-refractivity contribution in [3.05, 3.63) is 83.8 Å². The molecule has 0 radical (unpaired) electrons. The van der Waals surface area contributed by atoms with Crippen LogP contribution in [0.25, 0.3) is 28.1 Å². The summed E-state index contributed by atoms with van der Waals surface area (Å²) < 4.78 is 16.1. The van der Waals surface area contributed by atoms with Gasteiger partial charge < -0.3 is 15.2 Å². The summed E-state index contributed by atoms with van der Waals surface area (Å²) in [6.07, 6.45) is 8.36. The third-order valence-electron chi connectivity index (χ3n) is 6.88. The third kappa shape index (κ3) is 4.54. The maximum atomic E-state index is 13.9. The zero-order chi connectivity index (χ0) is 24.5. The number of aryl methyl sites for hydroxylation is 1. The first-order valence-electron chi connectivity index (χ1n) is 12.6. The molecule has 2 aliphatic heterocycles. The zero-order valence-corrected chi connectivity index (χ0v) is 20.3. The van der Waals surface area contributed by atoms with E-state index < -0.39 is 0 Å². The van der Waals surface area contributed by atoms with Gasteiger partial charge in [0.15, 0.2) is 0 Å². The van der Waals surface area contributed by atoms with E-state index >= 15 is 0 Å². The van der Waals surface area contributed by atoms with Gasteiger partial charge in [-0.05, 0) is 87.8 Å². The van der Waals surface area contributed by atoms with Gasteiger partial charge in [-0.25, -0.2) is 9.37 Å². The number of fused-ring (bicyclic) bond motifs is 2. The van der Waals surface area contributed by atoms with E-state index in [9.17, 15) is 4.39 Å². The lowest BCUT2D eigenvalue weighted by molar-refractivity contribution is 0.454. The normalized spacial score (nSPS) is 17.3. The number of rotatable bonds is 4. The van der Waals surface area contributed by atoms with Crippen LogP contribution in [-0.2, 0) is 0 Å². The minimum Gasteiger partial charge on any atom is -0.352 e.